The first-order chi connectivity index (χ1) is 10.4. The highest BCUT2D eigenvalue weighted by molar-refractivity contribution is 5.31. The van der Waals surface area contributed by atoms with Crippen molar-refractivity contribution in [2.24, 2.45) is 5.92 Å². The summed E-state index contributed by atoms with van der Waals surface area (Å²) in [4.78, 5) is 0. The van der Waals surface area contributed by atoms with Gasteiger partial charge in [-0.15, -0.1) is 0 Å². The third kappa shape index (κ3) is 7.00. The summed E-state index contributed by atoms with van der Waals surface area (Å²) in [6.07, 6.45) is -3.07. The van der Waals surface area contributed by atoms with E-state index < -0.39 is 25.5 Å². The average Bonchev–Trinajstić information content (AvgIpc) is 3.27. The molecule has 7 heteroatoms. The number of ether oxygens (including phenoxy) is 3. The third-order valence-electron chi connectivity index (χ3n) is 3.02. The van der Waals surface area contributed by atoms with Crippen LogP contribution in [0.3, 0.4) is 0 Å². The Morgan fingerprint density at radius 2 is 1.64 bits per heavy atom. The number of rotatable bonds is 9. The molecular formula is C15H19F3O4. The number of halogens is 3. The first-order valence-corrected chi connectivity index (χ1v) is 7.10. The molecule has 0 amide bonds. The topological polar surface area (TPSA) is 47.9 Å². The van der Waals surface area contributed by atoms with Gasteiger partial charge in [-0.2, -0.15) is 13.2 Å². The molecule has 1 fully saturated rings. The van der Waals surface area contributed by atoms with Gasteiger partial charge in [-0.3, -0.25) is 0 Å². The van der Waals surface area contributed by atoms with Crippen molar-refractivity contribution in [1.82, 2.24) is 0 Å². The first-order valence-electron chi connectivity index (χ1n) is 7.10. The van der Waals surface area contributed by atoms with Crippen molar-refractivity contribution in [1.29, 1.82) is 0 Å². The van der Waals surface area contributed by atoms with Crippen LogP contribution in [0.15, 0.2) is 24.3 Å². The Balaban J connectivity index is 1.62. The Kier molecular flexibility index (Phi) is 5.90. The van der Waals surface area contributed by atoms with Gasteiger partial charge in [0.1, 0.15) is 30.8 Å². The number of hydrogen-bond donors (Lipinski definition) is 1. The molecular weight excluding hydrogens is 301 g/mol. The normalized spacial score (nSPS) is 16.4. The summed E-state index contributed by atoms with van der Waals surface area (Å²) in [5, 5.41) is 9.47. The molecule has 0 radical (unpaired) electrons. The number of alkyl halides is 3. The second kappa shape index (κ2) is 7.69. The van der Waals surface area contributed by atoms with Crippen LogP contribution in [0, 0.1) is 5.92 Å². The molecule has 2 rings (SSSR count). The van der Waals surface area contributed by atoms with E-state index in [4.69, 9.17) is 9.47 Å². The Hall–Kier alpha value is -1.47. The van der Waals surface area contributed by atoms with Crippen LogP contribution in [0.5, 0.6) is 11.5 Å². The van der Waals surface area contributed by atoms with Crippen molar-refractivity contribution < 1.29 is 32.5 Å². The van der Waals surface area contributed by atoms with E-state index in [2.05, 4.69) is 4.74 Å². The zero-order valence-electron chi connectivity index (χ0n) is 12.0. The van der Waals surface area contributed by atoms with Crippen molar-refractivity contribution in [2.75, 3.05) is 26.4 Å². The van der Waals surface area contributed by atoms with Gasteiger partial charge in [0.05, 0.1) is 13.2 Å². The quantitative estimate of drug-likeness (QED) is 0.760. The molecule has 0 heterocycles. The summed E-state index contributed by atoms with van der Waals surface area (Å²) < 4.78 is 50.8. The van der Waals surface area contributed by atoms with Gasteiger partial charge in [0.2, 0.25) is 0 Å². The fourth-order valence-corrected chi connectivity index (χ4v) is 1.68. The van der Waals surface area contributed by atoms with E-state index in [1.807, 2.05) is 0 Å². The Morgan fingerprint density at radius 1 is 1.05 bits per heavy atom. The predicted molar refractivity (Wildman–Crippen MR) is 73.0 cm³/mol. The van der Waals surface area contributed by atoms with E-state index in [1.165, 1.54) is 12.8 Å². The molecule has 1 aliphatic rings. The van der Waals surface area contributed by atoms with Crippen LogP contribution in [0.2, 0.25) is 0 Å². The molecule has 0 spiro atoms. The van der Waals surface area contributed by atoms with Crippen molar-refractivity contribution in [3.8, 4) is 11.5 Å². The van der Waals surface area contributed by atoms with Crippen LogP contribution in [0.1, 0.15) is 12.8 Å². The lowest BCUT2D eigenvalue weighted by molar-refractivity contribution is -0.179. The van der Waals surface area contributed by atoms with E-state index >= 15 is 0 Å². The summed E-state index contributed by atoms with van der Waals surface area (Å²) in [5.74, 6) is 1.92. The first kappa shape index (κ1) is 16.9. The molecule has 124 valence electrons. The smallest absolute Gasteiger partial charge is 0.411 e. The van der Waals surface area contributed by atoms with Gasteiger partial charge in [0.25, 0.3) is 0 Å². The number of aliphatic hydroxyl groups is 1. The minimum absolute atomic E-state index is 0.139. The number of aliphatic hydroxyl groups excluding tert-OH is 1. The largest absolute Gasteiger partial charge is 0.493 e. The molecule has 1 aliphatic carbocycles. The van der Waals surface area contributed by atoms with Crippen LogP contribution in [-0.2, 0) is 4.74 Å². The van der Waals surface area contributed by atoms with Crippen LogP contribution in [-0.4, -0.2) is 43.8 Å². The minimum atomic E-state index is -4.39. The molecule has 22 heavy (non-hydrogen) atoms. The summed E-state index contributed by atoms with van der Waals surface area (Å²) in [7, 11) is 0. The van der Waals surface area contributed by atoms with Crippen molar-refractivity contribution in [3.05, 3.63) is 24.3 Å². The maximum absolute atomic E-state index is 11.9. The van der Waals surface area contributed by atoms with Gasteiger partial charge in [-0.05, 0) is 43.0 Å². The summed E-state index contributed by atoms with van der Waals surface area (Å²) >= 11 is 0. The maximum Gasteiger partial charge on any atom is 0.411 e. The van der Waals surface area contributed by atoms with E-state index in [0.717, 1.165) is 12.4 Å². The van der Waals surface area contributed by atoms with Gasteiger partial charge in [0.15, 0.2) is 0 Å². The lowest BCUT2D eigenvalue weighted by Gasteiger charge is -2.14. The van der Waals surface area contributed by atoms with Crippen molar-refractivity contribution in [3.63, 3.8) is 0 Å². The molecule has 1 unspecified atom stereocenters. The van der Waals surface area contributed by atoms with Gasteiger partial charge >= 0.3 is 6.18 Å². The van der Waals surface area contributed by atoms with Gasteiger partial charge in [-0.25, -0.2) is 0 Å². The van der Waals surface area contributed by atoms with Gasteiger partial charge in [-0.1, -0.05) is 0 Å². The van der Waals surface area contributed by atoms with E-state index in [0.29, 0.717) is 11.7 Å². The number of benzene rings is 1. The fourth-order valence-electron chi connectivity index (χ4n) is 1.68. The SMILES string of the molecule is OC(COCC(F)(F)F)COc1ccc(OCC2CC2)cc1. The fraction of sp³-hybridized carbons (Fsp3) is 0.600. The highest BCUT2D eigenvalue weighted by Gasteiger charge is 2.27. The highest BCUT2D eigenvalue weighted by atomic mass is 19.4. The Morgan fingerprint density at radius 3 is 2.18 bits per heavy atom. The van der Waals surface area contributed by atoms with E-state index in [1.54, 1.807) is 24.3 Å². The van der Waals surface area contributed by atoms with Crippen LogP contribution >= 0.6 is 0 Å². The Labute approximate surface area is 126 Å². The third-order valence-corrected chi connectivity index (χ3v) is 3.02. The van der Waals surface area contributed by atoms with Crippen LogP contribution in [0.4, 0.5) is 13.2 Å². The van der Waals surface area contributed by atoms with Gasteiger partial charge < -0.3 is 19.3 Å². The summed E-state index contributed by atoms with van der Waals surface area (Å²) in [6, 6.07) is 6.88. The standard InChI is InChI=1S/C15H19F3O4/c16-15(17,18)10-20-8-12(19)9-22-14-5-3-13(4-6-14)21-7-11-1-2-11/h3-6,11-12,19H,1-2,7-10H2. The molecule has 4 nitrogen and oxygen atoms in total. The Bertz CT molecular complexity index is 443. The molecule has 0 saturated heterocycles. The van der Waals surface area contributed by atoms with E-state index in [9.17, 15) is 18.3 Å². The predicted octanol–water partition coefficient (Wildman–Crippen LogP) is 2.79. The lowest BCUT2D eigenvalue weighted by atomic mass is 10.3. The van der Waals surface area contributed by atoms with Crippen LogP contribution < -0.4 is 9.47 Å². The summed E-state index contributed by atoms with van der Waals surface area (Å²) in [6.45, 7) is -1.23. The second-order valence-corrected chi connectivity index (χ2v) is 5.32. The van der Waals surface area contributed by atoms with Crippen molar-refractivity contribution >= 4 is 0 Å². The molecule has 0 aliphatic heterocycles. The second-order valence-electron chi connectivity index (χ2n) is 5.32. The molecule has 0 bridgehead atoms. The molecule has 1 N–H and O–H groups in total. The highest BCUT2D eigenvalue weighted by Crippen LogP contribution is 2.29. The average molecular weight is 320 g/mol. The lowest BCUT2D eigenvalue weighted by Crippen LogP contribution is -2.27. The molecule has 1 aromatic carbocycles. The molecule has 0 aromatic heterocycles. The van der Waals surface area contributed by atoms with Crippen LogP contribution in [0.25, 0.3) is 0 Å². The molecule has 1 aromatic rings. The number of hydrogen-bond acceptors (Lipinski definition) is 4. The zero-order chi connectivity index (χ0) is 16.0. The molecule has 1 saturated carbocycles. The summed E-state index contributed by atoms with van der Waals surface area (Å²) in [5.41, 5.74) is 0. The zero-order valence-corrected chi connectivity index (χ0v) is 12.0. The minimum Gasteiger partial charge on any atom is -0.493 e. The van der Waals surface area contributed by atoms with Crippen molar-refractivity contribution in [2.45, 2.75) is 25.1 Å². The van der Waals surface area contributed by atoms with E-state index in [-0.39, 0.29) is 6.61 Å². The monoisotopic (exact) mass is 320 g/mol. The van der Waals surface area contributed by atoms with Gasteiger partial charge in [0, 0.05) is 0 Å². The molecule has 1 atom stereocenters. The maximum atomic E-state index is 11.9.